The van der Waals surface area contributed by atoms with Crippen LogP contribution in [0.15, 0.2) is 30.3 Å². The van der Waals surface area contributed by atoms with Crippen molar-refractivity contribution in [2.45, 2.75) is 11.8 Å². The Bertz CT molecular complexity index is 388. The molecule has 1 rings (SSSR count). The fourth-order valence-electron chi connectivity index (χ4n) is 0.987. The number of hydrogen-bond donors (Lipinski definition) is 2. The first-order valence-electron chi connectivity index (χ1n) is 4.91. The van der Waals surface area contributed by atoms with Gasteiger partial charge in [0.15, 0.2) is 0 Å². The van der Waals surface area contributed by atoms with E-state index in [1.54, 1.807) is 0 Å². The molecule has 3 N–H and O–H groups in total. The summed E-state index contributed by atoms with van der Waals surface area (Å²) in [5, 5.41) is 7.96. The standard InChI is InChI=1S/C11H13NO4S.ClH/c12-9(10(13)14)6-16-11(15)17-7-8-4-2-1-3-5-8;/h1-5,9H,6-7,12H2,(H,13,14);1H. The normalized spacial score (nSPS) is 11.2. The number of benzene rings is 1. The SMILES string of the molecule is Cl.NC(COC(=O)SCc1ccccc1)C(=O)O. The van der Waals surface area contributed by atoms with Gasteiger partial charge < -0.3 is 15.6 Å². The molecule has 0 radical (unpaired) electrons. The molecule has 0 bridgehead atoms. The quantitative estimate of drug-likeness (QED) is 0.805. The zero-order valence-electron chi connectivity index (χ0n) is 9.44. The van der Waals surface area contributed by atoms with Crippen LogP contribution in [0.4, 0.5) is 4.79 Å². The van der Waals surface area contributed by atoms with Gasteiger partial charge in [-0.3, -0.25) is 4.79 Å². The maximum atomic E-state index is 11.2. The molecule has 1 aromatic carbocycles. The lowest BCUT2D eigenvalue weighted by atomic mass is 10.2. The number of rotatable bonds is 5. The predicted molar refractivity (Wildman–Crippen MR) is 71.9 cm³/mol. The van der Waals surface area contributed by atoms with Crippen LogP contribution >= 0.6 is 24.2 Å². The summed E-state index contributed by atoms with van der Waals surface area (Å²) in [4.78, 5) is 21.6. The molecule has 0 spiro atoms. The molecule has 18 heavy (non-hydrogen) atoms. The number of carboxylic acid groups (broad SMARTS) is 1. The van der Waals surface area contributed by atoms with E-state index in [1.807, 2.05) is 30.3 Å². The summed E-state index contributed by atoms with van der Waals surface area (Å²) in [6, 6.07) is 8.25. The molecule has 0 aliphatic rings. The Morgan fingerprint density at radius 2 is 1.94 bits per heavy atom. The third-order valence-corrected chi connectivity index (χ3v) is 2.73. The van der Waals surface area contributed by atoms with Gasteiger partial charge in [0.25, 0.3) is 0 Å². The van der Waals surface area contributed by atoms with E-state index in [9.17, 15) is 9.59 Å². The molecule has 0 aliphatic carbocycles. The summed E-state index contributed by atoms with van der Waals surface area (Å²) in [6.07, 6.45) is 0. The number of halogens is 1. The molecule has 1 atom stereocenters. The highest BCUT2D eigenvalue weighted by molar-refractivity contribution is 8.12. The molecule has 0 amide bonds. The largest absolute Gasteiger partial charge is 0.480 e. The minimum Gasteiger partial charge on any atom is -0.480 e. The third kappa shape index (κ3) is 6.48. The summed E-state index contributed by atoms with van der Waals surface area (Å²) in [6.45, 7) is -0.310. The molecule has 1 unspecified atom stereocenters. The smallest absolute Gasteiger partial charge is 0.367 e. The highest BCUT2D eigenvalue weighted by atomic mass is 35.5. The number of carboxylic acids is 1. The topological polar surface area (TPSA) is 89.6 Å². The van der Waals surface area contributed by atoms with Crippen LogP contribution in [0.3, 0.4) is 0 Å². The molecule has 0 saturated heterocycles. The van der Waals surface area contributed by atoms with E-state index in [-0.39, 0.29) is 19.0 Å². The van der Waals surface area contributed by atoms with Gasteiger partial charge in [-0.15, -0.1) is 12.4 Å². The van der Waals surface area contributed by atoms with Crippen molar-refractivity contribution in [1.29, 1.82) is 0 Å². The van der Waals surface area contributed by atoms with E-state index in [1.165, 1.54) is 0 Å². The minimum atomic E-state index is -1.19. The van der Waals surface area contributed by atoms with Crippen molar-refractivity contribution in [3.8, 4) is 0 Å². The summed E-state index contributed by atoms with van der Waals surface area (Å²) in [7, 11) is 0. The van der Waals surface area contributed by atoms with Crippen LogP contribution in [0, 0.1) is 0 Å². The summed E-state index contributed by atoms with van der Waals surface area (Å²) in [5.74, 6) is -0.701. The van der Waals surface area contributed by atoms with Crippen molar-refractivity contribution < 1.29 is 19.4 Å². The first kappa shape index (κ1) is 16.8. The zero-order chi connectivity index (χ0) is 12.7. The van der Waals surface area contributed by atoms with Gasteiger partial charge in [-0.05, 0) is 17.3 Å². The predicted octanol–water partition coefficient (Wildman–Crippen LogP) is 1.89. The minimum absolute atomic E-state index is 0. The Labute approximate surface area is 115 Å². The molecule has 5 nitrogen and oxygen atoms in total. The Hall–Kier alpha value is -1.24. The molecule has 1 aromatic rings. The second-order valence-corrected chi connectivity index (χ2v) is 4.19. The number of carbonyl (C=O) groups excluding carboxylic acids is 1. The van der Waals surface area contributed by atoms with Gasteiger partial charge in [-0.25, -0.2) is 4.79 Å². The van der Waals surface area contributed by atoms with Gasteiger partial charge in [0, 0.05) is 5.75 Å². The van der Waals surface area contributed by atoms with Crippen LogP contribution in [-0.4, -0.2) is 29.0 Å². The fraction of sp³-hybridized carbons (Fsp3) is 0.273. The first-order valence-corrected chi connectivity index (χ1v) is 5.90. The van der Waals surface area contributed by atoms with Crippen LogP contribution in [0.2, 0.25) is 0 Å². The van der Waals surface area contributed by atoms with Crippen LogP contribution in [0.5, 0.6) is 0 Å². The highest BCUT2D eigenvalue weighted by Crippen LogP contribution is 2.14. The van der Waals surface area contributed by atoms with Crippen LogP contribution in [0.1, 0.15) is 5.56 Å². The van der Waals surface area contributed by atoms with Crippen molar-refractivity contribution in [2.24, 2.45) is 5.73 Å². The fourth-order valence-corrected chi connectivity index (χ4v) is 1.62. The van der Waals surface area contributed by atoms with Crippen molar-refractivity contribution in [2.75, 3.05) is 6.61 Å². The van der Waals surface area contributed by atoms with Gasteiger partial charge in [-0.1, -0.05) is 30.3 Å². The van der Waals surface area contributed by atoms with Crippen LogP contribution in [0.25, 0.3) is 0 Å². The third-order valence-electron chi connectivity index (χ3n) is 1.90. The molecular formula is C11H14ClNO4S. The lowest BCUT2D eigenvalue weighted by Crippen LogP contribution is -2.35. The maximum Gasteiger partial charge on any atom is 0.367 e. The van der Waals surface area contributed by atoms with Gasteiger partial charge >= 0.3 is 11.3 Å². The second-order valence-electron chi connectivity index (χ2n) is 3.28. The van der Waals surface area contributed by atoms with Crippen LogP contribution < -0.4 is 5.73 Å². The molecule has 0 fully saturated rings. The number of hydrogen-bond acceptors (Lipinski definition) is 5. The molecule has 0 heterocycles. The van der Waals surface area contributed by atoms with Crippen molar-refractivity contribution in [1.82, 2.24) is 0 Å². The second kappa shape index (κ2) is 8.79. The van der Waals surface area contributed by atoms with E-state index in [0.29, 0.717) is 5.75 Å². The van der Waals surface area contributed by atoms with E-state index in [0.717, 1.165) is 17.3 Å². The van der Waals surface area contributed by atoms with Gasteiger partial charge in [-0.2, -0.15) is 0 Å². The van der Waals surface area contributed by atoms with Crippen LogP contribution in [-0.2, 0) is 15.3 Å². The molecule has 0 saturated carbocycles. The van der Waals surface area contributed by atoms with E-state index in [2.05, 4.69) is 0 Å². The zero-order valence-corrected chi connectivity index (χ0v) is 11.1. The Morgan fingerprint density at radius 3 is 2.50 bits per heavy atom. The van der Waals surface area contributed by atoms with Gasteiger partial charge in [0.2, 0.25) is 0 Å². The van der Waals surface area contributed by atoms with Crippen molar-refractivity contribution in [3.05, 3.63) is 35.9 Å². The van der Waals surface area contributed by atoms with Crippen molar-refractivity contribution in [3.63, 3.8) is 0 Å². The lowest BCUT2D eigenvalue weighted by Gasteiger charge is -2.07. The monoisotopic (exact) mass is 291 g/mol. The average Bonchev–Trinajstić information content (AvgIpc) is 2.34. The Balaban J connectivity index is 0.00000289. The van der Waals surface area contributed by atoms with E-state index in [4.69, 9.17) is 15.6 Å². The summed E-state index contributed by atoms with van der Waals surface area (Å²) in [5.41, 5.74) is 6.18. The molecule has 0 aromatic heterocycles. The highest BCUT2D eigenvalue weighted by Gasteiger charge is 2.14. The number of thioether (sulfide) groups is 1. The van der Waals surface area contributed by atoms with Gasteiger partial charge in [0.05, 0.1) is 0 Å². The average molecular weight is 292 g/mol. The lowest BCUT2D eigenvalue weighted by molar-refractivity contribution is -0.139. The first-order chi connectivity index (χ1) is 8.09. The maximum absolute atomic E-state index is 11.2. The van der Waals surface area contributed by atoms with Gasteiger partial charge in [0.1, 0.15) is 12.6 Å². The molecule has 0 aliphatic heterocycles. The van der Waals surface area contributed by atoms with E-state index >= 15 is 0 Å². The number of aliphatic carboxylic acids is 1. The summed E-state index contributed by atoms with van der Waals surface area (Å²) >= 11 is 0.974. The molecular weight excluding hydrogens is 278 g/mol. The number of nitrogens with two attached hydrogens (primary N) is 1. The molecule has 7 heteroatoms. The van der Waals surface area contributed by atoms with E-state index < -0.39 is 17.3 Å². The van der Waals surface area contributed by atoms with Crippen molar-refractivity contribution >= 4 is 35.4 Å². The number of carbonyl (C=O) groups is 2. The number of ether oxygens (including phenoxy) is 1. The Kier molecular flexibility index (Phi) is 8.19. The summed E-state index contributed by atoms with van der Waals surface area (Å²) < 4.78 is 4.71. The Morgan fingerprint density at radius 1 is 1.33 bits per heavy atom. The molecule has 100 valence electrons.